The van der Waals surface area contributed by atoms with Crippen LogP contribution in [0.2, 0.25) is 0 Å². The van der Waals surface area contributed by atoms with Gasteiger partial charge in [-0.05, 0) is 49.3 Å². The Morgan fingerprint density at radius 2 is 1.96 bits per heavy atom. The molecule has 2 aromatic rings. The van der Waals surface area contributed by atoms with Crippen molar-refractivity contribution in [3.05, 3.63) is 41.2 Å². The molecule has 0 unspecified atom stereocenters. The minimum absolute atomic E-state index is 0.0447. The van der Waals surface area contributed by atoms with E-state index in [-0.39, 0.29) is 23.9 Å². The van der Waals surface area contributed by atoms with Crippen molar-refractivity contribution in [2.75, 3.05) is 0 Å². The predicted octanol–water partition coefficient (Wildman–Crippen LogP) is 2.73. The number of carbonyl (C=O) groups is 2. The van der Waals surface area contributed by atoms with Gasteiger partial charge in [0.25, 0.3) is 5.91 Å². The summed E-state index contributed by atoms with van der Waals surface area (Å²) in [5.41, 5.74) is 0.882. The largest absolute Gasteiger partial charge is 0.351 e. The van der Waals surface area contributed by atoms with Crippen molar-refractivity contribution in [3.8, 4) is 0 Å². The number of carbonyl (C=O) groups excluding carboxylic acids is 2. The van der Waals surface area contributed by atoms with Gasteiger partial charge in [-0.3, -0.25) is 14.6 Å². The number of nitrogens with zero attached hydrogens (tertiary/aromatic N) is 4. The van der Waals surface area contributed by atoms with Gasteiger partial charge in [-0.1, -0.05) is 29.8 Å². The monoisotopic (exact) mass is 385 g/mol. The van der Waals surface area contributed by atoms with E-state index >= 15 is 0 Å². The molecule has 0 saturated heterocycles. The van der Waals surface area contributed by atoms with E-state index < -0.39 is 6.04 Å². The van der Waals surface area contributed by atoms with Gasteiger partial charge in [-0.25, -0.2) is 0 Å². The van der Waals surface area contributed by atoms with Crippen LogP contribution in [0.15, 0.2) is 29.8 Å². The van der Waals surface area contributed by atoms with Crippen LogP contribution in [-0.4, -0.2) is 43.4 Å². The maximum absolute atomic E-state index is 13.3. The van der Waals surface area contributed by atoms with Gasteiger partial charge in [0.1, 0.15) is 0 Å². The summed E-state index contributed by atoms with van der Waals surface area (Å²) in [5.74, 6) is -0.398. The Kier molecular flexibility index (Phi) is 5.42. The average molecular weight is 385 g/mol. The highest BCUT2D eigenvalue weighted by Crippen LogP contribution is 2.35. The first-order valence-corrected chi connectivity index (χ1v) is 10.4. The maximum atomic E-state index is 13.3. The highest BCUT2D eigenvalue weighted by molar-refractivity contribution is 7.03. The summed E-state index contributed by atoms with van der Waals surface area (Å²) in [4.78, 5) is 32.5. The summed E-state index contributed by atoms with van der Waals surface area (Å²) in [6, 6.07) is 4.96. The van der Waals surface area contributed by atoms with E-state index in [0.29, 0.717) is 11.4 Å². The second-order valence-corrected chi connectivity index (χ2v) is 7.84. The number of hydrogen-bond donors (Lipinski definition) is 1. The van der Waals surface area contributed by atoms with E-state index in [0.717, 1.165) is 50.1 Å². The quantitative estimate of drug-likeness (QED) is 0.826. The second kappa shape index (κ2) is 8.12. The van der Waals surface area contributed by atoms with Gasteiger partial charge in [-0.2, -0.15) is 0 Å². The Bertz CT molecular complexity index is 773. The molecule has 0 aromatic carbocycles. The lowest BCUT2D eigenvalue weighted by Crippen LogP contribution is -2.48. The van der Waals surface area contributed by atoms with Gasteiger partial charge in [0.15, 0.2) is 11.7 Å². The van der Waals surface area contributed by atoms with Crippen molar-refractivity contribution in [3.63, 3.8) is 0 Å². The van der Waals surface area contributed by atoms with Crippen molar-refractivity contribution in [1.82, 2.24) is 24.8 Å². The summed E-state index contributed by atoms with van der Waals surface area (Å²) in [5, 5.41) is 8.73. The number of pyridine rings is 1. The zero-order chi connectivity index (χ0) is 18.6. The number of amides is 2. The molecule has 0 spiro atoms. The molecule has 0 radical (unpaired) electrons. The fraction of sp³-hybridized carbons (Fsp3) is 0.526. The Balaban J connectivity index is 1.63. The first-order chi connectivity index (χ1) is 13.2. The van der Waals surface area contributed by atoms with Crippen molar-refractivity contribution in [2.45, 2.75) is 63.1 Å². The van der Waals surface area contributed by atoms with Crippen molar-refractivity contribution < 1.29 is 9.59 Å². The first-order valence-electron chi connectivity index (χ1n) is 9.55. The fourth-order valence-corrected chi connectivity index (χ4v) is 4.13. The minimum atomic E-state index is -0.741. The van der Waals surface area contributed by atoms with Crippen LogP contribution in [-0.2, 0) is 4.79 Å². The molecule has 4 rings (SSSR count). The van der Waals surface area contributed by atoms with Gasteiger partial charge in [-0.15, -0.1) is 5.10 Å². The summed E-state index contributed by atoms with van der Waals surface area (Å²) < 4.78 is 3.80. The van der Waals surface area contributed by atoms with Crippen molar-refractivity contribution in [2.24, 2.45) is 0 Å². The molecule has 1 atom stereocenters. The molecule has 142 valence electrons. The average Bonchev–Trinajstić information content (AvgIpc) is 3.38. The molecule has 8 heteroatoms. The van der Waals surface area contributed by atoms with Crippen LogP contribution in [0, 0.1) is 0 Å². The molecular weight excluding hydrogens is 362 g/mol. The highest BCUT2D eigenvalue weighted by Gasteiger charge is 2.43. The Labute approximate surface area is 162 Å². The molecule has 2 aliphatic carbocycles. The van der Waals surface area contributed by atoms with E-state index in [1.807, 2.05) is 18.2 Å². The van der Waals surface area contributed by atoms with E-state index in [9.17, 15) is 9.59 Å². The van der Waals surface area contributed by atoms with Crippen molar-refractivity contribution >= 4 is 23.3 Å². The first kappa shape index (κ1) is 18.0. The van der Waals surface area contributed by atoms with E-state index in [1.165, 1.54) is 6.42 Å². The highest BCUT2D eigenvalue weighted by atomic mass is 32.1. The molecule has 2 saturated carbocycles. The normalized spacial score (nSPS) is 18.7. The Hall–Kier alpha value is -2.35. The van der Waals surface area contributed by atoms with Crippen LogP contribution >= 0.6 is 11.5 Å². The molecule has 2 amide bonds. The van der Waals surface area contributed by atoms with Gasteiger partial charge in [0.2, 0.25) is 5.91 Å². The lowest BCUT2D eigenvalue weighted by atomic mass is 9.95. The zero-order valence-electron chi connectivity index (χ0n) is 15.1. The topological polar surface area (TPSA) is 88.1 Å². The van der Waals surface area contributed by atoms with E-state index in [4.69, 9.17) is 0 Å². The Morgan fingerprint density at radius 3 is 2.59 bits per heavy atom. The van der Waals surface area contributed by atoms with Gasteiger partial charge < -0.3 is 10.2 Å². The molecule has 0 bridgehead atoms. The second-order valence-electron chi connectivity index (χ2n) is 7.23. The number of hydrogen-bond acceptors (Lipinski definition) is 6. The van der Waals surface area contributed by atoms with Crippen LogP contribution in [0.1, 0.15) is 67.2 Å². The minimum Gasteiger partial charge on any atom is -0.351 e. The van der Waals surface area contributed by atoms with Crippen LogP contribution in [0.3, 0.4) is 0 Å². The number of aromatic nitrogens is 3. The molecule has 2 heterocycles. The maximum Gasteiger partial charge on any atom is 0.276 e. The van der Waals surface area contributed by atoms with Crippen LogP contribution in [0.4, 0.5) is 0 Å². The van der Waals surface area contributed by atoms with Gasteiger partial charge in [0, 0.05) is 23.7 Å². The summed E-state index contributed by atoms with van der Waals surface area (Å²) in [6.45, 7) is 0. The lowest BCUT2D eigenvalue weighted by Gasteiger charge is -2.32. The molecule has 7 nitrogen and oxygen atoms in total. The smallest absolute Gasteiger partial charge is 0.276 e. The van der Waals surface area contributed by atoms with Crippen LogP contribution in [0.5, 0.6) is 0 Å². The zero-order valence-corrected chi connectivity index (χ0v) is 15.9. The molecule has 27 heavy (non-hydrogen) atoms. The van der Waals surface area contributed by atoms with Gasteiger partial charge in [0.05, 0.1) is 5.69 Å². The molecule has 0 aliphatic heterocycles. The van der Waals surface area contributed by atoms with Gasteiger partial charge >= 0.3 is 0 Å². The summed E-state index contributed by atoms with van der Waals surface area (Å²) in [7, 11) is 0. The molecule has 2 aromatic heterocycles. The lowest BCUT2D eigenvalue weighted by molar-refractivity contribution is -0.127. The summed E-state index contributed by atoms with van der Waals surface area (Å²) >= 11 is 1.14. The predicted molar refractivity (Wildman–Crippen MR) is 101 cm³/mol. The SMILES string of the molecule is O=C(NC1CCCCC1)[C@@H](c1ccccn1)N(C(=O)c1csnn1)C1CC1. The Morgan fingerprint density at radius 1 is 1.15 bits per heavy atom. The van der Waals surface area contributed by atoms with Crippen molar-refractivity contribution in [1.29, 1.82) is 0 Å². The molecule has 2 fully saturated rings. The third-order valence-corrected chi connectivity index (χ3v) is 5.70. The molecule has 2 aliphatic rings. The standard InChI is InChI=1S/C19H23N5O2S/c25-18(21-13-6-2-1-3-7-13)17(15-8-4-5-11-20-15)24(14-9-10-14)19(26)16-12-27-23-22-16/h4-5,8,11-14,17H,1-3,6-7,9-10H2,(H,21,25)/t17-/m1/s1. The third-order valence-electron chi connectivity index (χ3n) is 5.20. The molecular formula is C19H23N5O2S. The number of rotatable bonds is 6. The van der Waals surface area contributed by atoms with E-state index in [2.05, 4.69) is 19.9 Å². The third kappa shape index (κ3) is 4.16. The van der Waals surface area contributed by atoms with E-state index in [1.54, 1.807) is 16.5 Å². The fourth-order valence-electron chi connectivity index (χ4n) is 3.70. The summed E-state index contributed by atoms with van der Waals surface area (Å²) in [6.07, 6.45) is 8.93. The van der Waals surface area contributed by atoms with Crippen LogP contribution in [0.25, 0.3) is 0 Å². The molecule has 1 N–H and O–H groups in total. The number of nitrogens with one attached hydrogen (secondary N) is 1. The van der Waals surface area contributed by atoms with Crippen LogP contribution < -0.4 is 5.32 Å².